The Morgan fingerprint density at radius 2 is 0.698 bits per heavy atom. The summed E-state index contributed by atoms with van der Waals surface area (Å²) < 4.78 is 0. The molecule has 0 amide bonds. The van der Waals surface area contributed by atoms with E-state index in [9.17, 15) is 4.79 Å². The van der Waals surface area contributed by atoms with E-state index >= 15 is 0 Å². The quantitative estimate of drug-likeness (QED) is 0.155. The number of aromatic nitrogens is 4. The average molecular weight is 1330 g/mol. The lowest BCUT2D eigenvalue weighted by Gasteiger charge is -2.33. The second-order valence-corrected chi connectivity index (χ2v) is 30.5. The summed E-state index contributed by atoms with van der Waals surface area (Å²) >= 11 is 0. The predicted molar refractivity (Wildman–Crippen MR) is 441 cm³/mol. The van der Waals surface area contributed by atoms with Crippen LogP contribution in [0.15, 0.2) is 152 Å². The minimum absolute atomic E-state index is 0.182. The molecule has 1 atom stereocenters. The van der Waals surface area contributed by atoms with Crippen molar-refractivity contribution in [2.45, 2.75) is 368 Å². The Balaban J connectivity index is -0.000000149. The summed E-state index contributed by atoms with van der Waals surface area (Å²) in [6, 6.07) is 30.8. The standard InChI is InChI=1S/C10H18O.C10H20.C10H14.4C9H13N.C9H14.8C2H6/c1-10(2,3)8-5-4-6-9(11)7-8;2*1-10(2,3)9-7-5-4-6-8-9;1-9(2,3)8-4-6-10-7-5-8;1-9(2,3)8-5-4-6-10-7-8;2*1-9(2,3)8-6-4-5-7-10-8;1-9(2,3)8-6-4-5-7-8;8*1-2/h8H,4-7H2,1-3H3;9H,4-8H2,1-3H3;4-8H,1-3H3;4*4-7H,1-3H3;4-6H,7H2,1-3H3;8*1-2H3. The minimum Gasteiger partial charge on any atom is -0.300 e. The van der Waals surface area contributed by atoms with Gasteiger partial charge in [-0.3, -0.25) is 24.7 Å². The Labute approximate surface area is 603 Å². The number of carbonyl (C=O) groups is 1. The summed E-state index contributed by atoms with van der Waals surface area (Å²) in [5.74, 6) is 2.10. The predicted octanol–water partition coefficient (Wildman–Crippen LogP) is 30.0. The minimum atomic E-state index is 0.182. The van der Waals surface area contributed by atoms with Gasteiger partial charge >= 0.3 is 0 Å². The van der Waals surface area contributed by atoms with Crippen LogP contribution in [0.4, 0.5) is 0 Å². The van der Waals surface area contributed by atoms with E-state index in [4.69, 9.17) is 0 Å². The molecule has 3 aliphatic carbocycles. The molecule has 5 aromatic rings. The molecule has 5 nitrogen and oxygen atoms in total. The molecule has 4 aromatic heterocycles. The van der Waals surface area contributed by atoms with E-state index in [0.717, 1.165) is 43.0 Å². The summed E-state index contributed by atoms with van der Waals surface area (Å²) in [7, 11) is 0. The van der Waals surface area contributed by atoms with Crippen LogP contribution in [0, 0.1) is 28.1 Å². The van der Waals surface area contributed by atoms with Crippen molar-refractivity contribution < 1.29 is 4.79 Å². The van der Waals surface area contributed by atoms with Gasteiger partial charge in [-0.25, -0.2) is 0 Å². The summed E-state index contributed by atoms with van der Waals surface area (Å²) in [4.78, 5) is 27.6. The SMILES string of the molecule is CC.CC.CC.CC.CC.CC.CC.CC.CC(C)(C)C1=CC=CC1.CC(C)(C)C1CCCC(=O)C1.CC(C)(C)C1CCCCC1.CC(C)(C)c1ccccc1.CC(C)(C)c1ccccn1.CC(C)(C)c1ccccn1.CC(C)(C)c1cccnc1.CC(C)(C)c1ccncc1. The molecule has 2 fully saturated rings. The highest BCUT2D eigenvalue weighted by atomic mass is 16.1. The molecule has 1 unspecified atom stereocenters. The van der Waals surface area contributed by atoms with Crippen molar-refractivity contribution in [3.63, 3.8) is 0 Å². The van der Waals surface area contributed by atoms with E-state index in [-0.39, 0.29) is 21.7 Å². The number of benzene rings is 1. The summed E-state index contributed by atoms with van der Waals surface area (Å²) in [5.41, 5.74) is 10.3. The van der Waals surface area contributed by atoms with Gasteiger partial charge in [0.2, 0.25) is 0 Å². The van der Waals surface area contributed by atoms with Crippen LogP contribution >= 0.6 is 0 Å². The zero-order chi connectivity index (χ0) is 77.1. The van der Waals surface area contributed by atoms with Gasteiger partial charge in [-0.05, 0) is 136 Å². The monoisotopic (exact) mass is 1330 g/mol. The molecule has 8 rings (SSSR count). The topological polar surface area (TPSA) is 68.6 Å². The first-order valence-electron chi connectivity index (χ1n) is 38.3. The first kappa shape index (κ1) is 107. The number of allylic oxidation sites excluding steroid dienone is 4. The molecule has 0 radical (unpaired) electrons. The van der Waals surface area contributed by atoms with E-state index in [2.05, 4.69) is 265 Å². The van der Waals surface area contributed by atoms with Crippen molar-refractivity contribution in [2.24, 2.45) is 28.1 Å². The third-order valence-electron chi connectivity index (χ3n) is 14.9. The first-order valence-corrected chi connectivity index (χ1v) is 38.3. The van der Waals surface area contributed by atoms with Crippen LogP contribution in [0.5, 0.6) is 0 Å². The largest absolute Gasteiger partial charge is 0.300 e. The number of ketones is 1. The zero-order valence-corrected chi connectivity index (χ0v) is 71.8. The van der Waals surface area contributed by atoms with Gasteiger partial charge in [0.1, 0.15) is 5.78 Å². The van der Waals surface area contributed by atoms with Crippen LogP contribution in [0.3, 0.4) is 0 Å². The molecule has 0 bridgehead atoms. The summed E-state index contributed by atoms with van der Waals surface area (Å²) in [5, 5.41) is 0. The highest BCUT2D eigenvalue weighted by Gasteiger charge is 2.29. The Kier molecular flexibility index (Phi) is 68.1. The maximum absolute atomic E-state index is 11.1. The van der Waals surface area contributed by atoms with Crippen molar-refractivity contribution in [3.05, 3.63) is 180 Å². The van der Waals surface area contributed by atoms with Crippen LogP contribution in [0.2, 0.25) is 0 Å². The number of Topliss-reactive ketones (excluding diaryl/α,β-unsaturated/α-hetero) is 1. The van der Waals surface area contributed by atoms with E-state index in [0.29, 0.717) is 33.4 Å². The molecular weight excluding hydrogens is 1170 g/mol. The highest BCUT2D eigenvalue weighted by Crippen LogP contribution is 2.38. The molecule has 96 heavy (non-hydrogen) atoms. The van der Waals surface area contributed by atoms with Crippen molar-refractivity contribution >= 4 is 5.78 Å². The fourth-order valence-corrected chi connectivity index (χ4v) is 8.95. The van der Waals surface area contributed by atoms with Crippen LogP contribution in [-0.4, -0.2) is 25.7 Å². The average Bonchev–Trinajstić information content (AvgIpc) is 4.13. The van der Waals surface area contributed by atoms with Gasteiger partial charge in [0.05, 0.1) is 0 Å². The molecule has 0 N–H and O–H groups in total. The van der Waals surface area contributed by atoms with Crippen LogP contribution in [0.25, 0.3) is 0 Å². The van der Waals surface area contributed by atoms with E-state index in [1.54, 1.807) is 11.8 Å². The Morgan fingerprint density at radius 1 is 0.333 bits per heavy atom. The number of hydrogen-bond donors (Lipinski definition) is 0. The van der Waals surface area contributed by atoms with Crippen molar-refractivity contribution in [3.8, 4) is 0 Å². The van der Waals surface area contributed by atoms with Crippen LogP contribution in [-0.2, 0) is 31.9 Å². The third kappa shape index (κ3) is 59.1. The first-order chi connectivity index (χ1) is 44.7. The molecule has 5 heteroatoms. The van der Waals surface area contributed by atoms with Gasteiger partial charge in [0, 0.05) is 72.2 Å². The number of hydrogen-bond acceptors (Lipinski definition) is 5. The summed E-state index contributed by atoms with van der Waals surface area (Å²) in [6.45, 7) is 85.4. The second kappa shape index (κ2) is 61.1. The van der Waals surface area contributed by atoms with Gasteiger partial charge in [-0.2, -0.15) is 0 Å². The van der Waals surface area contributed by atoms with E-state index < -0.39 is 0 Å². The van der Waals surface area contributed by atoms with Crippen LogP contribution < -0.4 is 0 Å². The van der Waals surface area contributed by atoms with Crippen LogP contribution in [0.1, 0.15) is 369 Å². The molecule has 0 spiro atoms. The number of rotatable bonds is 0. The van der Waals surface area contributed by atoms with Crippen molar-refractivity contribution in [1.82, 2.24) is 19.9 Å². The lowest BCUT2D eigenvalue weighted by atomic mass is 9.72. The summed E-state index contributed by atoms with van der Waals surface area (Å²) in [6.07, 6.45) is 30.2. The molecule has 0 aliphatic heterocycles. The maximum Gasteiger partial charge on any atom is 0.133 e. The smallest absolute Gasteiger partial charge is 0.133 e. The lowest BCUT2D eigenvalue weighted by Crippen LogP contribution is -2.26. The van der Waals surface area contributed by atoms with E-state index in [1.165, 1.54) is 55.2 Å². The molecule has 2 saturated carbocycles. The van der Waals surface area contributed by atoms with Gasteiger partial charge in [0.25, 0.3) is 0 Å². The Bertz CT molecular complexity index is 2140. The molecule has 3 aliphatic rings. The van der Waals surface area contributed by atoms with Gasteiger partial charge in [-0.15, -0.1) is 0 Å². The number of pyridine rings is 4. The van der Waals surface area contributed by atoms with Crippen molar-refractivity contribution in [2.75, 3.05) is 0 Å². The molecule has 0 saturated heterocycles. The van der Waals surface area contributed by atoms with Gasteiger partial charge < -0.3 is 0 Å². The molecule has 556 valence electrons. The molecular formula is C91H166N4O. The van der Waals surface area contributed by atoms with Crippen molar-refractivity contribution in [1.29, 1.82) is 0 Å². The number of carbonyl (C=O) groups excluding carboxylic acids is 1. The Morgan fingerprint density at radius 3 is 0.917 bits per heavy atom. The normalized spacial score (nSPS) is 13.7. The fourth-order valence-electron chi connectivity index (χ4n) is 8.95. The second-order valence-electron chi connectivity index (χ2n) is 30.5. The maximum atomic E-state index is 11.1. The Hall–Kier alpha value is -5.03. The van der Waals surface area contributed by atoms with E-state index in [1.807, 2.05) is 172 Å². The fraction of sp³-hybridized carbons (Fsp3) is 0.659. The molecule has 1 aromatic carbocycles. The molecule has 4 heterocycles. The lowest BCUT2D eigenvalue weighted by molar-refractivity contribution is -0.122. The number of nitrogens with zero attached hydrogens (tertiary/aromatic N) is 4. The highest BCUT2D eigenvalue weighted by molar-refractivity contribution is 5.79. The van der Waals surface area contributed by atoms with Gasteiger partial charge in [-0.1, -0.05) is 369 Å². The van der Waals surface area contributed by atoms with Gasteiger partial charge in [0.15, 0.2) is 0 Å². The zero-order valence-electron chi connectivity index (χ0n) is 71.8. The third-order valence-corrected chi connectivity index (χ3v) is 14.9.